The van der Waals surface area contributed by atoms with E-state index in [2.05, 4.69) is 15.7 Å². The minimum Gasteiger partial charge on any atom is -0.603 e. The Morgan fingerprint density at radius 1 is 1.50 bits per heavy atom. The molecule has 7 nitrogen and oxygen atoms in total. The first kappa shape index (κ1) is 10.4. The Hall–Kier alpha value is -2.12. The third-order valence-electron chi connectivity index (χ3n) is 2.03. The highest BCUT2D eigenvalue weighted by Crippen LogP contribution is 2.17. The van der Waals surface area contributed by atoms with Gasteiger partial charge in [-0.05, 0) is 6.07 Å². The maximum Gasteiger partial charge on any atom is 0.325 e. The lowest BCUT2D eigenvalue weighted by Gasteiger charge is -2.29. The molecule has 1 aliphatic heterocycles. The Morgan fingerprint density at radius 2 is 2.25 bits per heavy atom. The fraction of sp³-hybridized carbons (Fsp3) is 0.111. The number of nitrogens with zero attached hydrogens (tertiary/aromatic N) is 1. The van der Waals surface area contributed by atoms with Crippen molar-refractivity contribution < 1.29 is 15.1 Å². The SMILES string of the molecule is O=C(O)CN=C1Nc2ccccc2[NH+]([O-])N1. The summed E-state index contributed by atoms with van der Waals surface area (Å²) in [6.45, 7) is -0.384. The molecule has 0 saturated carbocycles. The first-order valence-electron chi connectivity index (χ1n) is 4.60. The second-order valence-electron chi connectivity index (χ2n) is 3.18. The number of nitrogens with one attached hydrogen (secondary N) is 3. The zero-order valence-electron chi connectivity index (χ0n) is 8.23. The molecule has 0 aliphatic carbocycles. The topological polar surface area (TPSA) is 101 Å². The minimum atomic E-state index is -1.05. The number of carbonyl (C=O) groups is 1. The number of quaternary nitrogens is 1. The van der Waals surface area contributed by atoms with Gasteiger partial charge in [0, 0.05) is 6.07 Å². The van der Waals surface area contributed by atoms with Gasteiger partial charge in [0.2, 0.25) is 5.96 Å². The van der Waals surface area contributed by atoms with Crippen LogP contribution in [0.15, 0.2) is 29.3 Å². The van der Waals surface area contributed by atoms with E-state index in [0.29, 0.717) is 11.4 Å². The Bertz CT molecular complexity index is 446. The monoisotopic (exact) mass is 222 g/mol. The molecule has 0 bridgehead atoms. The zero-order chi connectivity index (χ0) is 11.5. The van der Waals surface area contributed by atoms with Gasteiger partial charge in [0.1, 0.15) is 12.2 Å². The average molecular weight is 222 g/mol. The molecule has 1 aliphatic rings. The van der Waals surface area contributed by atoms with E-state index in [9.17, 15) is 10.0 Å². The van der Waals surface area contributed by atoms with Crippen LogP contribution in [0.2, 0.25) is 0 Å². The van der Waals surface area contributed by atoms with Crippen molar-refractivity contribution in [2.24, 2.45) is 4.99 Å². The highest BCUT2D eigenvalue weighted by atomic mass is 16.5. The Labute approximate surface area is 90.9 Å². The molecule has 7 heteroatoms. The lowest BCUT2D eigenvalue weighted by Crippen LogP contribution is -3.11. The van der Waals surface area contributed by atoms with Gasteiger partial charge in [-0.3, -0.25) is 4.79 Å². The van der Waals surface area contributed by atoms with Crippen molar-refractivity contribution in [2.45, 2.75) is 0 Å². The second kappa shape index (κ2) is 4.17. The molecule has 1 aromatic rings. The zero-order valence-corrected chi connectivity index (χ0v) is 8.23. The van der Waals surface area contributed by atoms with Crippen molar-refractivity contribution in [3.63, 3.8) is 0 Å². The van der Waals surface area contributed by atoms with Crippen molar-refractivity contribution in [1.29, 1.82) is 0 Å². The maximum absolute atomic E-state index is 11.6. The number of fused-ring (bicyclic) bond motifs is 1. The summed E-state index contributed by atoms with van der Waals surface area (Å²) in [7, 11) is 0. The Morgan fingerprint density at radius 3 is 3.00 bits per heavy atom. The summed E-state index contributed by atoms with van der Waals surface area (Å²) in [5.41, 5.74) is 3.60. The van der Waals surface area contributed by atoms with Gasteiger partial charge < -0.3 is 15.6 Å². The first-order chi connectivity index (χ1) is 7.66. The minimum absolute atomic E-state index is 0.158. The molecule has 0 radical (unpaired) electrons. The molecule has 1 heterocycles. The number of hydrogen-bond acceptors (Lipinski definition) is 3. The van der Waals surface area contributed by atoms with Crippen molar-refractivity contribution >= 4 is 23.3 Å². The van der Waals surface area contributed by atoms with E-state index in [1.165, 1.54) is 0 Å². The summed E-state index contributed by atoms with van der Waals surface area (Å²) in [6, 6.07) is 6.93. The fourth-order valence-electron chi connectivity index (χ4n) is 1.35. The third kappa shape index (κ3) is 2.10. The van der Waals surface area contributed by atoms with Crippen LogP contribution in [-0.4, -0.2) is 23.6 Å². The van der Waals surface area contributed by atoms with Gasteiger partial charge in [-0.25, -0.2) is 10.2 Å². The highest BCUT2D eigenvalue weighted by Gasteiger charge is 2.18. The van der Waals surface area contributed by atoms with Crippen LogP contribution in [0.5, 0.6) is 0 Å². The number of rotatable bonds is 2. The number of carboxylic acid groups (broad SMARTS) is 1. The van der Waals surface area contributed by atoms with Crippen LogP contribution >= 0.6 is 0 Å². The van der Waals surface area contributed by atoms with Crippen LogP contribution in [0.4, 0.5) is 11.4 Å². The number of hydrogen-bond donors (Lipinski definition) is 4. The van der Waals surface area contributed by atoms with E-state index in [1.807, 2.05) is 0 Å². The van der Waals surface area contributed by atoms with Gasteiger partial charge in [0.05, 0.1) is 0 Å². The van der Waals surface area contributed by atoms with E-state index in [-0.39, 0.29) is 17.7 Å². The number of aliphatic imine (C=N–C) groups is 1. The third-order valence-corrected chi connectivity index (χ3v) is 2.03. The molecule has 1 atom stereocenters. The first-order valence-corrected chi connectivity index (χ1v) is 4.60. The molecule has 4 N–H and O–H groups in total. The molecule has 0 amide bonds. The molecule has 0 aromatic heterocycles. The number of aliphatic carboxylic acids is 1. The predicted octanol–water partition coefficient (Wildman–Crippen LogP) is -0.928. The summed E-state index contributed by atoms with van der Waals surface area (Å²) in [5.74, 6) is -0.895. The van der Waals surface area contributed by atoms with E-state index < -0.39 is 5.97 Å². The number of benzene rings is 1. The summed E-state index contributed by atoms with van der Waals surface area (Å²) in [5, 5.41) is 22.6. The smallest absolute Gasteiger partial charge is 0.325 e. The molecule has 2 rings (SSSR count). The number of para-hydroxylation sites is 2. The molecule has 0 saturated heterocycles. The highest BCUT2D eigenvalue weighted by molar-refractivity contribution is 5.97. The average Bonchev–Trinajstić information content (AvgIpc) is 2.26. The van der Waals surface area contributed by atoms with Gasteiger partial charge in [0.25, 0.3) is 0 Å². The lowest BCUT2D eigenvalue weighted by molar-refractivity contribution is -0.816. The maximum atomic E-state index is 11.6. The van der Waals surface area contributed by atoms with Crippen molar-refractivity contribution in [1.82, 2.24) is 5.43 Å². The molecule has 84 valence electrons. The normalized spacial score (nSPS) is 20.8. The molecule has 0 fully saturated rings. The quantitative estimate of drug-likeness (QED) is 0.484. The molecule has 1 unspecified atom stereocenters. The van der Waals surface area contributed by atoms with E-state index in [1.54, 1.807) is 24.3 Å². The van der Waals surface area contributed by atoms with Crippen molar-refractivity contribution in [2.75, 3.05) is 11.9 Å². The van der Waals surface area contributed by atoms with Crippen molar-refractivity contribution in [3.8, 4) is 0 Å². The van der Waals surface area contributed by atoms with Crippen LogP contribution in [0.3, 0.4) is 0 Å². The summed E-state index contributed by atoms with van der Waals surface area (Å²) < 4.78 is 0. The van der Waals surface area contributed by atoms with Crippen LogP contribution < -0.4 is 15.9 Å². The van der Waals surface area contributed by atoms with E-state index >= 15 is 0 Å². The number of guanidine groups is 1. The van der Waals surface area contributed by atoms with Crippen LogP contribution in [0.1, 0.15) is 0 Å². The number of carboxylic acids is 1. The van der Waals surface area contributed by atoms with Gasteiger partial charge in [-0.2, -0.15) is 5.43 Å². The molecular weight excluding hydrogens is 212 g/mol. The fourth-order valence-corrected chi connectivity index (χ4v) is 1.35. The van der Waals surface area contributed by atoms with Gasteiger partial charge in [-0.15, -0.1) is 0 Å². The molecule has 1 aromatic carbocycles. The molecular formula is C9H10N4O3. The summed E-state index contributed by atoms with van der Waals surface area (Å²) in [4.78, 5) is 14.0. The van der Waals surface area contributed by atoms with Gasteiger partial charge in [-0.1, -0.05) is 12.1 Å². The second-order valence-corrected chi connectivity index (χ2v) is 3.18. The van der Waals surface area contributed by atoms with Crippen LogP contribution in [-0.2, 0) is 4.79 Å². The Kier molecular flexibility index (Phi) is 2.71. The lowest BCUT2D eigenvalue weighted by atomic mass is 10.2. The van der Waals surface area contributed by atoms with Crippen molar-refractivity contribution in [3.05, 3.63) is 29.5 Å². The summed E-state index contributed by atoms with van der Waals surface area (Å²) >= 11 is 0. The standard InChI is InChI=1S/C9H10N4O3/c14-8(15)5-10-9-11-6-3-1-2-4-7(6)13(16)12-9/h1-4,13H,5H2,(H,14,15)(H2,10,11,12). The largest absolute Gasteiger partial charge is 0.603 e. The van der Waals surface area contributed by atoms with Crippen LogP contribution in [0, 0.1) is 5.21 Å². The summed E-state index contributed by atoms with van der Waals surface area (Å²) in [6.07, 6.45) is 0. The molecule has 16 heavy (non-hydrogen) atoms. The molecule has 0 spiro atoms. The Balaban J connectivity index is 2.21. The van der Waals surface area contributed by atoms with Gasteiger partial charge >= 0.3 is 5.97 Å². The predicted molar refractivity (Wildman–Crippen MR) is 57.1 cm³/mol. The van der Waals surface area contributed by atoms with Gasteiger partial charge in [0.15, 0.2) is 5.69 Å². The van der Waals surface area contributed by atoms with E-state index in [0.717, 1.165) is 0 Å². The van der Waals surface area contributed by atoms with Crippen LogP contribution in [0.25, 0.3) is 0 Å². The van der Waals surface area contributed by atoms with E-state index in [4.69, 9.17) is 5.11 Å². The number of anilines is 1.